The van der Waals surface area contributed by atoms with Crippen molar-refractivity contribution in [3.63, 3.8) is 0 Å². The third-order valence-corrected chi connectivity index (χ3v) is 4.70. The average molecular weight is 395 g/mol. The number of aromatic nitrogens is 5. The number of nitrogens with zero attached hydrogens (tertiary/aromatic N) is 5. The van der Waals surface area contributed by atoms with E-state index in [0.29, 0.717) is 16.6 Å². The minimum atomic E-state index is -5.74. The average Bonchev–Trinajstić information content (AvgIpc) is 3.16. The summed E-state index contributed by atoms with van der Waals surface area (Å²) in [5.41, 5.74) is -0.358. The first-order chi connectivity index (χ1) is 13.3. The van der Waals surface area contributed by atoms with Gasteiger partial charge in [-0.05, 0) is 42.5 Å². The van der Waals surface area contributed by atoms with Crippen molar-refractivity contribution in [2.24, 2.45) is 0 Å². The number of hydrogen-bond acceptors (Lipinski definition) is 5. The molecule has 11 heteroatoms. The zero-order valence-corrected chi connectivity index (χ0v) is 13.9. The number of halogens is 5. The molecule has 0 N–H and O–H groups in total. The molecule has 1 aliphatic rings. The van der Waals surface area contributed by atoms with E-state index in [4.69, 9.17) is 4.42 Å². The van der Waals surface area contributed by atoms with E-state index < -0.39 is 17.8 Å². The van der Waals surface area contributed by atoms with Gasteiger partial charge in [0.15, 0.2) is 0 Å². The van der Waals surface area contributed by atoms with Crippen molar-refractivity contribution < 1.29 is 26.4 Å². The SMILES string of the molecule is FC(F)(F)C(F)(F)c1cc(C2CC2)c2ccc3nc(-c4nnco4)cn3c2n1. The Bertz CT molecular complexity index is 1190. The maximum atomic E-state index is 14.0. The number of hydrogen-bond donors (Lipinski definition) is 0. The molecule has 1 fully saturated rings. The third-order valence-electron chi connectivity index (χ3n) is 4.70. The molecule has 4 aromatic heterocycles. The molecule has 0 radical (unpaired) electrons. The van der Waals surface area contributed by atoms with Crippen molar-refractivity contribution in [2.45, 2.75) is 30.9 Å². The van der Waals surface area contributed by atoms with Crippen LogP contribution in [0.25, 0.3) is 28.3 Å². The highest BCUT2D eigenvalue weighted by Gasteiger charge is 2.60. The van der Waals surface area contributed by atoms with E-state index in [1.54, 1.807) is 12.1 Å². The van der Waals surface area contributed by atoms with E-state index in [-0.39, 0.29) is 23.1 Å². The molecule has 0 aromatic carbocycles. The van der Waals surface area contributed by atoms with Crippen LogP contribution in [0.1, 0.15) is 30.0 Å². The number of fused-ring (bicyclic) bond motifs is 3. The largest absolute Gasteiger partial charge is 0.459 e. The van der Waals surface area contributed by atoms with Gasteiger partial charge in [-0.1, -0.05) is 0 Å². The zero-order valence-electron chi connectivity index (χ0n) is 13.9. The molecule has 1 aliphatic carbocycles. The molecule has 0 bridgehead atoms. The van der Waals surface area contributed by atoms with Crippen molar-refractivity contribution in [1.29, 1.82) is 0 Å². The van der Waals surface area contributed by atoms with Crippen molar-refractivity contribution >= 4 is 16.7 Å². The molecule has 4 heterocycles. The van der Waals surface area contributed by atoms with E-state index in [0.717, 1.165) is 25.3 Å². The molecule has 4 aromatic rings. The van der Waals surface area contributed by atoms with Crippen molar-refractivity contribution in [2.75, 3.05) is 0 Å². The Hall–Kier alpha value is -3.11. The summed E-state index contributed by atoms with van der Waals surface area (Å²) in [4.78, 5) is 7.95. The second-order valence-electron chi connectivity index (χ2n) is 6.61. The van der Waals surface area contributed by atoms with Gasteiger partial charge in [-0.15, -0.1) is 10.2 Å². The fraction of sp³-hybridized carbons (Fsp3) is 0.294. The fourth-order valence-electron chi connectivity index (χ4n) is 3.18. The maximum absolute atomic E-state index is 14.0. The maximum Gasteiger partial charge on any atom is 0.459 e. The highest BCUT2D eigenvalue weighted by molar-refractivity contribution is 5.84. The van der Waals surface area contributed by atoms with Gasteiger partial charge in [0, 0.05) is 11.6 Å². The van der Waals surface area contributed by atoms with Crippen LogP contribution in [0.5, 0.6) is 0 Å². The molecule has 0 spiro atoms. The Morgan fingerprint density at radius 1 is 1.07 bits per heavy atom. The van der Waals surface area contributed by atoms with Gasteiger partial charge in [-0.3, -0.25) is 4.40 Å². The van der Waals surface area contributed by atoms with Gasteiger partial charge in [0.1, 0.15) is 22.7 Å². The summed E-state index contributed by atoms with van der Waals surface area (Å²) >= 11 is 0. The van der Waals surface area contributed by atoms with Crippen LogP contribution in [0, 0.1) is 0 Å². The van der Waals surface area contributed by atoms with Gasteiger partial charge in [-0.25, -0.2) is 9.97 Å². The number of pyridine rings is 2. The van der Waals surface area contributed by atoms with Gasteiger partial charge in [-0.2, -0.15) is 22.0 Å². The lowest BCUT2D eigenvalue weighted by molar-refractivity contribution is -0.290. The van der Waals surface area contributed by atoms with Crippen molar-refractivity contribution in [3.8, 4) is 11.6 Å². The summed E-state index contributed by atoms with van der Waals surface area (Å²) in [6, 6.07) is 4.14. The summed E-state index contributed by atoms with van der Waals surface area (Å²) in [5.74, 6) is -5.04. The minimum Gasteiger partial charge on any atom is -0.422 e. The number of imidazole rings is 1. The van der Waals surface area contributed by atoms with Crippen molar-refractivity contribution in [3.05, 3.63) is 42.0 Å². The first-order valence-electron chi connectivity index (χ1n) is 8.30. The fourth-order valence-corrected chi connectivity index (χ4v) is 3.18. The van der Waals surface area contributed by atoms with E-state index in [1.165, 1.54) is 10.6 Å². The van der Waals surface area contributed by atoms with Gasteiger partial charge in [0.2, 0.25) is 6.39 Å². The Morgan fingerprint density at radius 2 is 1.86 bits per heavy atom. The summed E-state index contributed by atoms with van der Waals surface area (Å²) in [6.07, 6.45) is -1.77. The quantitative estimate of drug-likeness (QED) is 0.479. The molecule has 28 heavy (non-hydrogen) atoms. The monoisotopic (exact) mass is 395 g/mol. The van der Waals surface area contributed by atoms with Crippen LogP contribution in [-0.4, -0.2) is 30.7 Å². The number of alkyl halides is 5. The molecule has 6 nitrogen and oxygen atoms in total. The van der Waals surface area contributed by atoms with E-state index in [9.17, 15) is 22.0 Å². The Morgan fingerprint density at radius 3 is 2.50 bits per heavy atom. The molecule has 0 unspecified atom stereocenters. The molecule has 1 saturated carbocycles. The Balaban J connectivity index is 1.81. The summed E-state index contributed by atoms with van der Waals surface area (Å²) in [5, 5.41) is 7.78. The minimum absolute atomic E-state index is 0.0286. The van der Waals surface area contributed by atoms with Gasteiger partial charge < -0.3 is 4.42 Å². The van der Waals surface area contributed by atoms with Crippen LogP contribution >= 0.6 is 0 Å². The van der Waals surface area contributed by atoms with Crippen LogP contribution < -0.4 is 0 Å². The molecule has 0 aliphatic heterocycles. The Kier molecular flexibility index (Phi) is 3.32. The van der Waals surface area contributed by atoms with Crippen LogP contribution in [0.2, 0.25) is 0 Å². The van der Waals surface area contributed by atoms with Crippen LogP contribution in [0.15, 0.2) is 35.2 Å². The zero-order chi connectivity index (χ0) is 19.7. The second kappa shape index (κ2) is 5.46. The summed E-state index contributed by atoms with van der Waals surface area (Å²) < 4.78 is 73.3. The highest BCUT2D eigenvalue weighted by Crippen LogP contribution is 2.48. The van der Waals surface area contributed by atoms with E-state index in [2.05, 4.69) is 20.2 Å². The first kappa shape index (κ1) is 17.0. The smallest absolute Gasteiger partial charge is 0.422 e. The molecule has 0 saturated heterocycles. The normalized spacial score (nSPS) is 15.6. The first-order valence-corrected chi connectivity index (χ1v) is 8.30. The van der Waals surface area contributed by atoms with Gasteiger partial charge in [0.25, 0.3) is 5.89 Å². The predicted octanol–water partition coefficient (Wildman–Crippen LogP) is 4.46. The molecule has 5 rings (SSSR count). The highest BCUT2D eigenvalue weighted by atomic mass is 19.4. The number of rotatable bonds is 3. The molecular weight excluding hydrogens is 385 g/mol. The lowest BCUT2D eigenvalue weighted by Crippen LogP contribution is -2.34. The topological polar surface area (TPSA) is 69.1 Å². The third kappa shape index (κ3) is 2.45. The lowest BCUT2D eigenvalue weighted by atomic mass is 10.0. The predicted molar refractivity (Wildman–Crippen MR) is 85.7 cm³/mol. The molecule has 0 amide bonds. The van der Waals surface area contributed by atoms with Crippen LogP contribution in [0.3, 0.4) is 0 Å². The summed E-state index contributed by atoms with van der Waals surface area (Å²) in [7, 11) is 0. The Labute approximate surface area is 153 Å². The van der Waals surface area contributed by atoms with E-state index in [1.807, 2.05) is 0 Å². The molecule has 0 atom stereocenters. The van der Waals surface area contributed by atoms with E-state index >= 15 is 0 Å². The van der Waals surface area contributed by atoms with Crippen LogP contribution in [0.4, 0.5) is 22.0 Å². The lowest BCUT2D eigenvalue weighted by Gasteiger charge is -2.20. The van der Waals surface area contributed by atoms with Crippen LogP contribution in [-0.2, 0) is 5.92 Å². The van der Waals surface area contributed by atoms with Gasteiger partial charge in [0.05, 0.1) is 0 Å². The van der Waals surface area contributed by atoms with Gasteiger partial charge >= 0.3 is 12.1 Å². The standard InChI is InChI=1S/C17H10F5N5O/c18-16(19,17(20,21)22)12-5-10(8-1-2-8)9-3-4-13-24-11(15-26-23-7-28-15)6-27(13)14(9)25-12/h3-8H,1-2H2. The summed E-state index contributed by atoms with van der Waals surface area (Å²) in [6.45, 7) is 0. The van der Waals surface area contributed by atoms with Crippen molar-refractivity contribution in [1.82, 2.24) is 24.6 Å². The molecule has 144 valence electrons. The molecular formula is C17H10F5N5O. The second-order valence-corrected chi connectivity index (χ2v) is 6.61.